The molecule has 2 rings (SSSR count). The van der Waals surface area contributed by atoms with Gasteiger partial charge in [0.1, 0.15) is 11.5 Å². The lowest BCUT2D eigenvalue weighted by Crippen LogP contribution is -2.38. The summed E-state index contributed by atoms with van der Waals surface area (Å²) in [5.74, 6) is 0.229. The van der Waals surface area contributed by atoms with Gasteiger partial charge in [-0.3, -0.25) is 9.59 Å². The molecule has 1 aromatic rings. The fourth-order valence-corrected chi connectivity index (χ4v) is 2.01. The molecule has 1 aliphatic rings. The third kappa shape index (κ3) is 4.66. The smallest absolute Gasteiger partial charge is 0.305 e. The van der Waals surface area contributed by atoms with Gasteiger partial charge in [-0.15, -0.1) is 0 Å². The first kappa shape index (κ1) is 15.2. The van der Waals surface area contributed by atoms with E-state index in [1.165, 1.54) is 0 Å². The van der Waals surface area contributed by atoms with Crippen molar-refractivity contribution in [3.8, 4) is 11.5 Å². The molecule has 1 aromatic carbocycles. The number of methoxy groups -OCH3 is 1. The average molecular weight is 293 g/mol. The second kappa shape index (κ2) is 6.97. The molecule has 0 atom stereocenters. The van der Waals surface area contributed by atoms with Gasteiger partial charge in [0, 0.05) is 12.6 Å². The minimum absolute atomic E-state index is 0.0369. The summed E-state index contributed by atoms with van der Waals surface area (Å²) in [6.45, 7) is 0.160. The number of benzene rings is 1. The molecule has 1 aliphatic carbocycles. The number of rotatable bonds is 8. The predicted molar refractivity (Wildman–Crippen MR) is 75.5 cm³/mol. The predicted octanol–water partition coefficient (Wildman–Crippen LogP) is 1.54. The minimum Gasteiger partial charge on any atom is -0.497 e. The molecule has 1 saturated carbocycles. The Balaban J connectivity index is 1.84. The summed E-state index contributed by atoms with van der Waals surface area (Å²) in [6.07, 6.45) is 1.84. The first-order valence-electron chi connectivity index (χ1n) is 6.88. The summed E-state index contributed by atoms with van der Waals surface area (Å²) in [6, 6.07) is 7.14. The van der Waals surface area contributed by atoms with Crippen LogP contribution in [0.4, 0.5) is 0 Å². The average Bonchev–Trinajstić information content (AvgIpc) is 3.30. The Hall–Kier alpha value is -2.24. The number of aliphatic carboxylic acids is 1. The zero-order valence-electron chi connectivity index (χ0n) is 11.9. The number of hydrogen-bond acceptors (Lipinski definition) is 4. The van der Waals surface area contributed by atoms with Crippen molar-refractivity contribution in [2.24, 2.45) is 0 Å². The van der Waals surface area contributed by atoms with Gasteiger partial charge in [-0.05, 0) is 37.1 Å². The highest BCUT2D eigenvalue weighted by Crippen LogP contribution is 2.27. The van der Waals surface area contributed by atoms with Crippen LogP contribution >= 0.6 is 0 Å². The normalized spacial score (nSPS) is 13.6. The first-order valence-corrected chi connectivity index (χ1v) is 6.88. The topological polar surface area (TPSA) is 76.1 Å². The zero-order chi connectivity index (χ0) is 15.2. The molecule has 0 saturated heterocycles. The number of ether oxygens (including phenoxy) is 2. The Bertz CT molecular complexity index is 495. The Morgan fingerprint density at radius 1 is 1.24 bits per heavy atom. The number of carbonyl (C=O) groups excluding carboxylic acids is 1. The maximum atomic E-state index is 12.1. The molecule has 0 bridgehead atoms. The lowest BCUT2D eigenvalue weighted by atomic mass is 10.3. The molecule has 6 nitrogen and oxygen atoms in total. The number of hydrogen-bond donors (Lipinski definition) is 1. The molecule has 21 heavy (non-hydrogen) atoms. The minimum atomic E-state index is -0.899. The summed E-state index contributed by atoms with van der Waals surface area (Å²) in [5, 5.41) is 8.72. The summed E-state index contributed by atoms with van der Waals surface area (Å²) >= 11 is 0. The highest BCUT2D eigenvalue weighted by atomic mass is 16.5. The van der Waals surface area contributed by atoms with Crippen LogP contribution in [0.2, 0.25) is 0 Å². The van der Waals surface area contributed by atoms with E-state index >= 15 is 0 Å². The first-order chi connectivity index (χ1) is 10.1. The van der Waals surface area contributed by atoms with E-state index in [-0.39, 0.29) is 31.5 Å². The van der Waals surface area contributed by atoms with Gasteiger partial charge < -0.3 is 19.5 Å². The molecule has 0 radical (unpaired) electrons. The monoisotopic (exact) mass is 293 g/mol. The second-order valence-electron chi connectivity index (χ2n) is 4.93. The van der Waals surface area contributed by atoms with Crippen LogP contribution in [0.25, 0.3) is 0 Å². The van der Waals surface area contributed by atoms with Gasteiger partial charge in [0.15, 0.2) is 6.61 Å². The van der Waals surface area contributed by atoms with E-state index in [9.17, 15) is 9.59 Å². The van der Waals surface area contributed by atoms with Gasteiger partial charge in [-0.25, -0.2) is 0 Å². The highest BCUT2D eigenvalue weighted by molar-refractivity contribution is 5.79. The molecular formula is C15H19NO5. The van der Waals surface area contributed by atoms with E-state index in [1.54, 1.807) is 36.3 Å². The summed E-state index contributed by atoms with van der Waals surface area (Å²) < 4.78 is 10.5. The molecule has 0 spiro atoms. The lowest BCUT2D eigenvalue weighted by Gasteiger charge is -2.21. The van der Waals surface area contributed by atoms with E-state index < -0.39 is 5.97 Å². The maximum absolute atomic E-state index is 12.1. The molecule has 0 unspecified atom stereocenters. The SMILES string of the molecule is COc1ccc(OCC(=O)N(CCC(=O)O)C2CC2)cc1. The van der Waals surface area contributed by atoms with Gasteiger partial charge in [0.2, 0.25) is 0 Å². The highest BCUT2D eigenvalue weighted by Gasteiger charge is 2.32. The van der Waals surface area contributed by atoms with Gasteiger partial charge in [0.25, 0.3) is 5.91 Å². The van der Waals surface area contributed by atoms with E-state index in [0.717, 1.165) is 18.6 Å². The van der Waals surface area contributed by atoms with E-state index in [1.807, 2.05) is 0 Å². The number of amides is 1. The van der Waals surface area contributed by atoms with Gasteiger partial charge >= 0.3 is 5.97 Å². The van der Waals surface area contributed by atoms with E-state index in [0.29, 0.717) is 5.75 Å². The Labute approximate surface area is 123 Å². The second-order valence-corrected chi connectivity index (χ2v) is 4.93. The van der Waals surface area contributed by atoms with Gasteiger partial charge in [-0.1, -0.05) is 0 Å². The van der Waals surface area contributed by atoms with Crippen molar-refractivity contribution < 1.29 is 24.2 Å². The third-order valence-electron chi connectivity index (χ3n) is 3.30. The summed E-state index contributed by atoms with van der Waals surface area (Å²) in [7, 11) is 1.58. The summed E-state index contributed by atoms with van der Waals surface area (Å²) in [5.41, 5.74) is 0. The third-order valence-corrected chi connectivity index (χ3v) is 3.30. The van der Waals surface area contributed by atoms with Crippen LogP contribution in [0.1, 0.15) is 19.3 Å². The van der Waals surface area contributed by atoms with Gasteiger partial charge in [0.05, 0.1) is 13.5 Å². The van der Waals surface area contributed by atoms with Crippen LogP contribution in [0.3, 0.4) is 0 Å². The quantitative estimate of drug-likeness (QED) is 0.787. The molecule has 6 heteroatoms. The zero-order valence-corrected chi connectivity index (χ0v) is 11.9. The molecule has 1 N–H and O–H groups in total. The van der Waals surface area contributed by atoms with Gasteiger partial charge in [-0.2, -0.15) is 0 Å². The number of carboxylic acid groups (broad SMARTS) is 1. The molecule has 0 aromatic heterocycles. The van der Waals surface area contributed by atoms with Crippen molar-refractivity contribution in [1.29, 1.82) is 0 Å². The van der Waals surface area contributed by atoms with Crippen LogP contribution in [0, 0.1) is 0 Å². The number of nitrogens with zero attached hydrogens (tertiary/aromatic N) is 1. The van der Waals surface area contributed by atoms with Crippen LogP contribution in [0.5, 0.6) is 11.5 Å². The fourth-order valence-electron chi connectivity index (χ4n) is 2.01. The van der Waals surface area contributed by atoms with Crippen LogP contribution < -0.4 is 9.47 Å². The van der Waals surface area contributed by atoms with Crippen molar-refractivity contribution in [3.05, 3.63) is 24.3 Å². The van der Waals surface area contributed by atoms with E-state index in [2.05, 4.69) is 0 Å². The maximum Gasteiger partial charge on any atom is 0.305 e. The number of carbonyl (C=O) groups is 2. The molecule has 0 aliphatic heterocycles. The molecule has 1 amide bonds. The Morgan fingerprint density at radius 3 is 2.38 bits per heavy atom. The Morgan fingerprint density at radius 2 is 1.86 bits per heavy atom. The lowest BCUT2D eigenvalue weighted by molar-refractivity contribution is -0.139. The van der Waals surface area contributed by atoms with Crippen LogP contribution in [0.15, 0.2) is 24.3 Å². The molecule has 1 fully saturated rings. The molecule has 0 heterocycles. The van der Waals surface area contributed by atoms with Crippen molar-refractivity contribution >= 4 is 11.9 Å². The van der Waals surface area contributed by atoms with Crippen molar-refractivity contribution in [2.45, 2.75) is 25.3 Å². The van der Waals surface area contributed by atoms with Crippen LogP contribution in [-0.4, -0.2) is 48.2 Å². The van der Waals surface area contributed by atoms with Crippen molar-refractivity contribution in [2.75, 3.05) is 20.3 Å². The number of carboxylic acids is 1. The Kier molecular flexibility index (Phi) is 5.03. The fraction of sp³-hybridized carbons (Fsp3) is 0.467. The molecular weight excluding hydrogens is 274 g/mol. The van der Waals surface area contributed by atoms with Crippen LogP contribution in [-0.2, 0) is 9.59 Å². The van der Waals surface area contributed by atoms with E-state index in [4.69, 9.17) is 14.6 Å². The van der Waals surface area contributed by atoms with Crippen molar-refractivity contribution in [3.63, 3.8) is 0 Å². The standard InChI is InChI=1S/C15H19NO5/c1-20-12-4-6-13(7-5-12)21-10-14(17)16(11-2-3-11)9-8-15(18)19/h4-7,11H,2-3,8-10H2,1H3,(H,18,19). The molecule has 114 valence electrons. The largest absolute Gasteiger partial charge is 0.497 e. The van der Waals surface area contributed by atoms with Crippen molar-refractivity contribution in [1.82, 2.24) is 4.90 Å². The summed E-state index contributed by atoms with van der Waals surface area (Å²) in [4.78, 5) is 24.4.